The first kappa shape index (κ1) is 14.1. The first-order valence-corrected chi connectivity index (χ1v) is 6.05. The molecule has 0 amide bonds. The van der Waals surface area contributed by atoms with E-state index in [2.05, 4.69) is 9.72 Å². The van der Waals surface area contributed by atoms with Crippen LogP contribution in [0, 0.1) is 5.82 Å². The fraction of sp³-hybridized carbons (Fsp3) is 0.200. The Morgan fingerprint density at radius 2 is 2.10 bits per heavy atom. The number of nitrogens with zero attached hydrogens (tertiary/aromatic N) is 1. The van der Waals surface area contributed by atoms with Crippen LogP contribution in [0.1, 0.15) is 21.6 Å². The van der Waals surface area contributed by atoms with E-state index < -0.39 is 11.8 Å². The van der Waals surface area contributed by atoms with E-state index in [1.165, 1.54) is 19.2 Å². The van der Waals surface area contributed by atoms with E-state index in [1.807, 2.05) is 18.2 Å². The van der Waals surface area contributed by atoms with Gasteiger partial charge in [0, 0.05) is 6.20 Å². The second kappa shape index (κ2) is 6.77. The van der Waals surface area contributed by atoms with Crippen molar-refractivity contribution in [2.75, 3.05) is 7.11 Å². The van der Waals surface area contributed by atoms with E-state index in [0.717, 1.165) is 5.69 Å². The Balaban J connectivity index is 1.94. The van der Waals surface area contributed by atoms with E-state index in [9.17, 15) is 9.18 Å². The van der Waals surface area contributed by atoms with Gasteiger partial charge in [0.15, 0.2) is 0 Å². The minimum absolute atomic E-state index is 0.0824. The van der Waals surface area contributed by atoms with Gasteiger partial charge in [-0.15, -0.1) is 0 Å². The lowest BCUT2D eigenvalue weighted by atomic mass is 10.1. The normalized spacial score (nSPS) is 10.3. The van der Waals surface area contributed by atoms with Gasteiger partial charge in [0.2, 0.25) is 0 Å². The number of carbonyl (C=O) groups is 1. The van der Waals surface area contributed by atoms with Crippen molar-refractivity contribution in [2.24, 2.45) is 0 Å². The highest BCUT2D eigenvalue weighted by molar-refractivity contribution is 5.89. The van der Waals surface area contributed by atoms with E-state index in [0.29, 0.717) is 12.2 Å². The van der Waals surface area contributed by atoms with Crippen LogP contribution in [-0.4, -0.2) is 18.1 Å². The van der Waals surface area contributed by atoms with Crippen LogP contribution in [-0.2, 0) is 22.7 Å². The van der Waals surface area contributed by atoms with Crippen LogP contribution in [0.3, 0.4) is 0 Å². The van der Waals surface area contributed by atoms with E-state index in [4.69, 9.17) is 4.74 Å². The fourth-order valence-corrected chi connectivity index (χ4v) is 1.68. The quantitative estimate of drug-likeness (QED) is 0.787. The molecule has 104 valence electrons. The summed E-state index contributed by atoms with van der Waals surface area (Å²) < 4.78 is 23.6. The second-order valence-electron chi connectivity index (χ2n) is 4.12. The highest BCUT2D eigenvalue weighted by Crippen LogP contribution is 2.13. The Bertz CT molecular complexity index is 587. The molecule has 0 saturated carbocycles. The molecule has 0 radical (unpaired) electrons. The molecule has 20 heavy (non-hydrogen) atoms. The number of hydrogen-bond acceptors (Lipinski definition) is 4. The maximum Gasteiger partial charge on any atom is 0.340 e. The fourth-order valence-electron chi connectivity index (χ4n) is 1.68. The molecule has 0 aliphatic rings. The molecule has 0 unspecified atom stereocenters. The molecule has 1 aromatic carbocycles. The number of methoxy groups -OCH3 is 1. The Labute approximate surface area is 116 Å². The van der Waals surface area contributed by atoms with Gasteiger partial charge >= 0.3 is 5.97 Å². The van der Waals surface area contributed by atoms with Gasteiger partial charge < -0.3 is 9.47 Å². The van der Waals surface area contributed by atoms with Gasteiger partial charge in [-0.1, -0.05) is 12.1 Å². The zero-order valence-corrected chi connectivity index (χ0v) is 11.0. The largest absolute Gasteiger partial charge is 0.465 e. The Morgan fingerprint density at radius 1 is 1.25 bits per heavy atom. The molecule has 2 aromatic rings. The predicted molar refractivity (Wildman–Crippen MR) is 70.5 cm³/mol. The van der Waals surface area contributed by atoms with Gasteiger partial charge in [-0.2, -0.15) is 0 Å². The number of aromatic nitrogens is 1. The molecule has 0 bridgehead atoms. The number of pyridine rings is 1. The number of esters is 1. The van der Waals surface area contributed by atoms with Crippen molar-refractivity contribution in [2.45, 2.75) is 13.2 Å². The van der Waals surface area contributed by atoms with Gasteiger partial charge in [-0.3, -0.25) is 4.98 Å². The van der Waals surface area contributed by atoms with Crippen molar-refractivity contribution in [3.8, 4) is 0 Å². The van der Waals surface area contributed by atoms with Crippen LogP contribution in [0.2, 0.25) is 0 Å². The van der Waals surface area contributed by atoms with Gasteiger partial charge in [-0.25, -0.2) is 9.18 Å². The highest BCUT2D eigenvalue weighted by Gasteiger charge is 2.12. The first-order chi connectivity index (χ1) is 9.70. The maximum absolute atomic E-state index is 13.7. The predicted octanol–water partition coefficient (Wildman–Crippen LogP) is 2.72. The average Bonchev–Trinajstić information content (AvgIpc) is 2.48. The van der Waals surface area contributed by atoms with E-state index in [1.54, 1.807) is 12.3 Å². The van der Waals surface area contributed by atoms with Crippen molar-refractivity contribution >= 4 is 5.97 Å². The third kappa shape index (κ3) is 3.61. The van der Waals surface area contributed by atoms with Crippen molar-refractivity contribution in [3.05, 3.63) is 65.2 Å². The topological polar surface area (TPSA) is 48.4 Å². The summed E-state index contributed by atoms with van der Waals surface area (Å²) in [6.45, 7) is 0.593. The van der Waals surface area contributed by atoms with Crippen LogP contribution in [0.5, 0.6) is 0 Å². The molecule has 0 N–H and O–H groups in total. The first-order valence-electron chi connectivity index (χ1n) is 6.05. The van der Waals surface area contributed by atoms with Gasteiger partial charge in [0.05, 0.1) is 31.6 Å². The minimum Gasteiger partial charge on any atom is -0.465 e. The summed E-state index contributed by atoms with van der Waals surface area (Å²) >= 11 is 0. The number of rotatable bonds is 5. The Kier molecular flexibility index (Phi) is 4.79. The number of carbonyl (C=O) groups excluding carboxylic acids is 1. The zero-order chi connectivity index (χ0) is 14.4. The monoisotopic (exact) mass is 275 g/mol. The van der Waals surface area contributed by atoms with Gasteiger partial charge in [0.1, 0.15) is 5.82 Å². The molecule has 2 rings (SSSR count). The summed E-state index contributed by atoms with van der Waals surface area (Å²) in [4.78, 5) is 15.4. The van der Waals surface area contributed by atoms with Crippen LogP contribution in [0.15, 0.2) is 42.6 Å². The summed E-state index contributed by atoms with van der Waals surface area (Å²) in [7, 11) is 1.21. The summed E-state index contributed by atoms with van der Waals surface area (Å²) in [5, 5.41) is 0. The lowest BCUT2D eigenvalue weighted by Gasteiger charge is -2.06. The van der Waals surface area contributed by atoms with Crippen LogP contribution in [0.25, 0.3) is 0 Å². The lowest BCUT2D eigenvalue weighted by Crippen LogP contribution is -2.05. The number of benzene rings is 1. The molecule has 5 heteroatoms. The number of hydrogen-bond donors (Lipinski definition) is 0. The molecule has 0 spiro atoms. The molecule has 0 aliphatic heterocycles. The summed E-state index contributed by atoms with van der Waals surface area (Å²) in [6.07, 6.45) is 1.68. The Morgan fingerprint density at radius 3 is 2.75 bits per heavy atom. The lowest BCUT2D eigenvalue weighted by molar-refractivity contribution is 0.0595. The third-order valence-electron chi connectivity index (χ3n) is 2.68. The van der Waals surface area contributed by atoms with Crippen molar-refractivity contribution < 1.29 is 18.7 Å². The molecule has 0 aliphatic carbocycles. The third-order valence-corrected chi connectivity index (χ3v) is 2.68. The molecule has 1 aromatic heterocycles. The van der Waals surface area contributed by atoms with E-state index in [-0.39, 0.29) is 12.2 Å². The molecule has 0 atom stereocenters. The Hall–Kier alpha value is -2.27. The van der Waals surface area contributed by atoms with Crippen molar-refractivity contribution in [1.82, 2.24) is 4.98 Å². The van der Waals surface area contributed by atoms with Crippen LogP contribution in [0.4, 0.5) is 4.39 Å². The zero-order valence-electron chi connectivity index (χ0n) is 11.0. The average molecular weight is 275 g/mol. The second-order valence-corrected chi connectivity index (χ2v) is 4.12. The molecule has 0 fully saturated rings. The highest BCUT2D eigenvalue weighted by atomic mass is 19.1. The summed E-state index contributed by atoms with van der Waals surface area (Å²) in [5.41, 5.74) is 1.37. The van der Waals surface area contributed by atoms with Crippen LogP contribution >= 0.6 is 0 Å². The van der Waals surface area contributed by atoms with Crippen LogP contribution < -0.4 is 0 Å². The minimum atomic E-state index is -0.691. The molecule has 0 saturated heterocycles. The summed E-state index contributed by atoms with van der Waals surface area (Å²) in [5.74, 6) is -1.31. The van der Waals surface area contributed by atoms with Crippen molar-refractivity contribution in [3.63, 3.8) is 0 Å². The number of halogens is 1. The molecular weight excluding hydrogens is 261 g/mol. The van der Waals surface area contributed by atoms with E-state index >= 15 is 0 Å². The molecular formula is C15H14FNO3. The number of ether oxygens (including phenoxy) is 2. The summed E-state index contributed by atoms with van der Waals surface area (Å²) in [6, 6.07) is 9.83. The smallest absolute Gasteiger partial charge is 0.340 e. The van der Waals surface area contributed by atoms with Gasteiger partial charge in [0.25, 0.3) is 0 Å². The van der Waals surface area contributed by atoms with Gasteiger partial charge in [-0.05, 0) is 29.8 Å². The molecule has 1 heterocycles. The standard InChI is InChI=1S/C15H14FNO3/c1-19-15(18)13-6-5-11(8-14(13)16)9-20-10-12-4-2-3-7-17-12/h2-8H,9-10H2,1H3. The SMILES string of the molecule is COC(=O)c1ccc(COCc2ccccn2)cc1F. The maximum atomic E-state index is 13.7. The molecule has 4 nitrogen and oxygen atoms in total. The van der Waals surface area contributed by atoms with Crippen molar-refractivity contribution in [1.29, 1.82) is 0 Å².